The van der Waals surface area contributed by atoms with Crippen LogP contribution in [0, 0.1) is 0 Å². The molecule has 18 heavy (non-hydrogen) atoms. The number of likely N-dealkylation sites (N-methyl/N-ethyl adjacent to an activating group) is 1. The summed E-state index contributed by atoms with van der Waals surface area (Å²) in [5, 5.41) is 14.4. The highest BCUT2D eigenvalue weighted by atomic mass is 32.1. The molecule has 1 rings (SSSR count). The first-order valence-corrected chi connectivity index (χ1v) is 6.31. The number of nitrogens with zero attached hydrogens (tertiary/aromatic N) is 2. The number of methoxy groups -OCH3 is 1. The Kier molecular flexibility index (Phi) is 6.23. The van der Waals surface area contributed by atoms with Gasteiger partial charge in [-0.1, -0.05) is 11.3 Å². The summed E-state index contributed by atoms with van der Waals surface area (Å²) in [4.78, 5) is 22.2. The second kappa shape index (κ2) is 7.72. The molecule has 1 aromatic rings. The van der Waals surface area contributed by atoms with Crippen LogP contribution < -0.4 is 10.6 Å². The molecule has 0 aliphatic rings. The fraction of sp³-hybridized carbons (Fsp3) is 0.600. The molecule has 100 valence electrons. The molecule has 0 radical (unpaired) electrons. The third-order valence-corrected chi connectivity index (χ3v) is 2.95. The predicted octanol–water partition coefficient (Wildman–Crippen LogP) is 0.192. The molecule has 0 spiro atoms. The van der Waals surface area contributed by atoms with E-state index in [1.54, 1.807) is 7.05 Å². The van der Waals surface area contributed by atoms with Crippen LogP contribution in [0.2, 0.25) is 0 Å². The Balaban J connectivity index is 2.34. The van der Waals surface area contributed by atoms with E-state index in [4.69, 9.17) is 0 Å². The van der Waals surface area contributed by atoms with E-state index in [-0.39, 0.29) is 18.4 Å². The molecule has 0 saturated heterocycles. The Morgan fingerprint density at radius 2 is 2.17 bits per heavy atom. The van der Waals surface area contributed by atoms with Gasteiger partial charge in [-0.15, -0.1) is 10.2 Å². The first-order valence-electron chi connectivity index (χ1n) is 5.49. The van der Waals surface area contributed by atoms with Crippen molar-refractivity contribution in [3.05, 3.63) is 5.01 Å². The maximum absolute atomic E-state index is 11.3. The third kappa shape index (κ3) is 5.19. The van der Waals surface area contributed by atoms with Gasteiger partial charge in [0.1, 0.15) is 5.01 Å². The Morgan fingerprint density at radius 1 is 1.39 bits per heavy atom. The average molecular weight is 272 g/mol. The zero-order chi connectivity index (χ0) is 13.4. The molecular weight excluding hydrogens is 256 g/mol. The lowest BCUT2D eigenvalue weighted by molar-refractivity contribution is -0.140. The molecule has 0 bridgehead atoms. The molecule has 8 heteroatoms. The molecule has 0 fully saturated rings. The number of hydrogen-bond acceptors (Lipinski definition) is 7. The summed E-state index contributed by atoms with van der Waals surface area (Å²) in [6.45, 7) is 0.233. The standard InChI is InChI=1S/C10H16N4O3S/c1-11-6-7(15)12-10-14-13-8(18-10)4-3-5-9(16)17-2/h11H,3-6H2,1-2H3,(H,12,14,15). The highest BCUT2D eigenvalue weighted by Gasteiger charge is 2.08. The largest absolute Gasteiger partial charge is 0.469 e. The van der Waals surface area contributed by atoms with Crippen molar-refractivity contribution in [1.82, 2.24) is 15.5 Å². The van der Waals surface area contributed by atoms with Crippen LogP contribution in [0.1, 0.15) is 17.8 Å². The molecule has 2 N–H and O–H groups in total. The van der Waals surface area contributed by atoms with E-state index >= 15 is 0 Å². The van der Waals surface area contributed by atoms with Crippen LogP contribution >= 0.6 is 11.3 Å². The number of ether oxygens (including phenoxy) is 1. The average Bonchev–Trinajstić information content (AvgIpc) is 2.76. The van der Waals surface area contributed by atoms with Crippen molar-refractivity contribution in [2.45, 2.75) is 19.3 Å². The van der Waals surface area contributed by atoms with Crippen LogP contribution in [-0.2, 0) is 20.7 Å². The van der Waals surface area contributed by atoms with Crippen molar-refractivity contribution in [3.8, 4) is 0 Å². The number of hydrogen-bond donors (Lipinski definition) is 2. The van der Waals surface area contributed by atoms with Crippen LogP contribution in [0.5, 0.6) is 0 Å². The van der Waals surface area contributed by atoms with Gasteiger partial charge in [0.25, 0.3) is 0 Å². The van der Waals surface area contributed by atoms with Crippen LogP contribution in [0.25, 0.3) is 0 Å². The number of aromatic nitrogens is 2. The predicted molar refractivity (Wildman–Crippen MR) is 67.4 cm³/mol. The second-order valence-corrected chi connectivity index (χ2v) is 4.57. The quantitative estimate of drug-likeness (QED) is 0.688. The maximum Gasteiger partial charge on any atom is 0.305 e. The van der Waals surface area contributed by atoms with Gasteiger partial charge in [-0.3, -0.25) is 14.9 Å². The first kappa shape index (κ1) is 14.5. The summed E-state index contributed by atoms with van der Waals surface area (Å²) >= 11 is 1.31. The molecule has 0 aliphatic heterocycles. The van der Waals surface area contributed by atoms with Crippen molar-refractivity contribution >= 4 is 28.3 Å². The van der Waals surface area contributed by atoms with Crippen LogP contribution in [0.15, 0.2) is 0 Å². The van der Waals surface area contributed by atoms with Gasteiger partial charge in [-0.05, 0) is 13.5 Å². The van der Waals surface area contributed by atoms with Gasteiger partial charge in [-0.25, -0.2) is 0 Å². The molecule has 1 amide bonds. The monoisotopic (exact) mass is 272 g/mol. The molecule has 0 unspecified atom stereocenters. The summed E-state index contributed by atoms with van der Waals surface area (Å²) in [6, 6.07) is 0. The third-order valence-electron chi connectivity index (χ3n) is 2.05. The number of nitrogens with one attached hydrogen (secondary N) is 2. The summed E-state index contributed by atoms with van der Waals surface area (Å²) in [5.74, 6) is -0.392. The highest BCUT2D eigenvalue weighted by molar-refractivity contribution is 7.15. The number of carbonyl (C=O) groups is 2. The van der Waals surface area contributed by atoms with Gasteiger partial charge < -0.3 is 10.1 Å². The van der Waals surface area contributed by atoms with Crippen LogP contribution in [0.4, 0.5) is 5.13 Å². The number of rotatable bonds is 7. The van der Waals surface area contributed by atoms with Gasteiger partial charge in [0.2, 0.25) is 11.0 Å². The Labute approximate surface area is 109 Å². The summed E-state index contributed by atoms with van der Waals surface area (Å²) < 4.78 is 4.54. The lowest BCUT2D eigenvalue weighted by atomic mass is 10.2. The number of anilines is 1. The molecule has 1 heterocycles. The number of aryl methyl sites for hydroxylation is 1. The van der Waals surface area contributed by atoms with Crippen molar-refractivity contribution in [1.29, 1.82) is 0 Å². The number of esters is 1. The zero-order valence-corrected chi connectivity index (χ0v) is 11.2. The minimum Gasteiger partial charge on any atom is -0.469 e. The van der Waals surface area contributed by atoms with Crippen LogP contribution in [-0.4, -0.2) is 42.8 Å². The molecule has 0 aliphatic carbocycles. The van der Waals surface area contributed by atoms with Crippen molar-refractivity contribution in [2.75, 3.05) is 26.0 Å². The molecular formula is C10H16N4O3S. The van der Waals surface area contributed by atoms with E-state index in [0.717, 1.165) is 5.01 Å². The van der Waals surface area contributed by atoms with Gasteiger partial charge in [0.15, 0.2) is 0 Å². The van der Waals surface area contributed by atoms with Gasteiger partial charge in [0, 0.05) is 12.8 Å². The van der Waals surface area contributed by atoms with Crippen molar-refractivity contribution in [3.63, 3.8) is 0 Å². The minimum absolute atomic E-state index is 0.158. The summed E-state index contributed by atoms with van der Waals surface area (Å²) in [7, 11) is 3.06. The lowest BCUT2D eigenvalue weighted by Gasteiger charge is -1.98. The fourth-order valence-electron chi connectivity index (χ4n) is 1.22. The van der Waals surface area contributed by atoms with E-state index in [9.17, 15) is 9.59 Å². The van der Waals surface area contributed by atoms with E-state index in [0.29, 0.717) is 24.4 Å². The fourth-order valence-corrected chi connectivity index (χ4v) is 2.01. The Bertz CT molecular complexity index is 408. The second-order valence-electron chi connectivity index (χ2n) is 3.51. The van der Waals surface area contributed by atoms with Crippen molar-refractivity contribution < 1.29 is 14.3 Å². The molecule has 0 aromatic carbocycles. The Morgan fingerprint density at radius 3 is 2.83 bits per heavy atom. The van der Waals surface area contributed by atoms with E-state index < -0.39 is 0 Å². The van der Waals surface area contributed by atoms with E-state index in [2.05, 4.69) is 25.6 Å². The number of amides is 1. The van der Waals surface area contributed by atoms with Gasteiger partial charge in [0.05, 0.1) is 13.7 Å². The van der Waals surface area contributed by atoms with Crippen LogP contribution in [0.3, 0.4) is 0 Å². The summed E-state index contributed by atoms with van der Waals surface area (Å²) in [5.41, 5.74) is 0. The van der Waals surface area contributed by atoms with Gasteiger partial charge >= 0.3 is 5.97 Å². The SMILES string of the molecule is CNCC(=O)Nc1nnc(CCCC(=O)OC)s1. The van der Waals surface area contributed by atoms with Gasteiger partial charge in [-0.2, -0.15) is 0 Å². The Hall–Kier alpha value is -1.54. The molecule has 1 aromatic heterocycles. The topological polar surface area (TPSA) is 93.2 Å². The normalized spacial score (nSPS) is 10.1. The molecule has 0 atom stereocenters. The first-order chi connectivity index (χ1) is 8.65. The van der Waals surface area contributed by atoms with E-state index in [1.165, 1.54) is 18.4 Å². The smallest absolute Gasteiger partial charge is 0.305 e. The minimum atomic E-state index is -0.234. The molecule has 7 nitrogen and oxygen atoms in total. The van der Waals surface area contributed by atoms with Crippen molar-refractivity contribution in [2.24, 2.45) is 0 Å². The zero-order valence-electron chi connectivity index (χ0n) is 10.4. The van der Waals surface area contributed by atoms with E-state index in [1.807, 2.05) is 0 Å². The molecule has 0 saturated carbocycles. The summed E-state index contributed by atoms with van der Waals surface area (Å²) in [6.07, 6.45) is 1.66. The highest BCUT2D eigenvalue weighted by Crippen LogP contribution is 2.16. The maximum atomic E-state index is 11.3. The number of carbonyl (C=O) groups excluding carboxylic acids is 2. The lowest BCUT2D eigenvalue weighted by Crippen LogP contribution is -2.24.